The van der Waals surface area contributed by atoms with E-state index < -0.39 is 24.1 Å². The second-order valence-electron chi connectivity index (χ2n) is 9.54. The first-order valence-corrected chi connectivity index (χ1v) is 12.5. The summed E-state index contributed by atoms with van der Waals surface area (Å²) >= 11 is 0. The van der Waals surface area contributed by atoms with Gasteiger partial charge in [0.1, 0.15) is 17.5 Å². The molecule has 1 aliphatic carbocycles. The van der Waals surface area contributed by atoms with Crippen molar-refractivity contribution in [2.45, 2.75) is 62.9 Å². The summed E-state index contributed by atoms with van der Waals surface area (Å²) in [5.41, 5.74) is 1.35. The summed E-state index contributed by atoms with van der Waals surface area (Å²) in [5.74, 6) is -1.39. The number of carbonyl (C=O) groups excluding carboxylic acids is 2. The highest BCUT2D eigenvalue weighted by Crippen LogP contribution is 2.33. The first kappa shape index (κ1) is 27.3. The summed E-state index contributed by atoms with van der Waals surface area (Å²) in [6.07, 6.45) is -0.252. The molecule has 0 aromatic heterocycles. The third-order valence-corrected chi connectivity index (χ3v) is 7.00. The van der Waals surface area contributed by atoms with E-state index in [2.05, 4.69) is 10.1 Å². The van der Waals surface area contributed by atoms with Gasteiger partial charge in [0.05, 0.1) is 5.56 Å². The summed E-state index contributed by atoms with van der Waals surface area (Å²) in [4.78, 5) is 38.3. The zero-order chi connectivity index (χ0) is 27.3. The first-order valence-electron chi connectivity index (χ1n) is 12.5. The maximum atomic E-state index is 13.0. The number of ether oxygens (including phenoxy) is 2. The summed E-state index contributed by atoms with van der Waals surface area (Å²) < 4.78 is 46.1. The zero-order valence-corrected chi connectivity index (χ0v) is 20.6. The Hall–Kier alpha value is -3.76. The fourth-order valence-electron chi connectivity index (χ4n) is 5.07. The Balaban J connectivity index is 1.23. The zero-order valence-electron chi connectivity index (χ0n) is 20.6. The van der Waals surface area contributed by atoms with Crippen molar-refractivity contribution in [2.24, 2.45) is 0 Å². The smallest absolute Gasteiger partial charge is 0.484 e. The number of halogens is 3. The van der Waals surface area contributed by atoms with Crippen molar-refractivity contribution in [3.05, 3.63) is 59.7 Å². The lowest BCUT2D eigenvalue weighted by atomic mass is 9.81. The van der Waals surface area contributed by atoms with Crippen LogP contribution in [0.2, 0.25) is 0 Å². The third kappa shape index (κ3) is 7.17. The van der Waals surface area contributed by atoms with Gasteiger partial charge in [-0.05, 0) is 86.4 Å². The molecule has 0 radical (unpaired) electrons. The third-order valence-electron chi connectivity index (χ3n) is 7.00. The number of likely N-dealkylation sites (tertiary alicyclic amines) is 1. The van der Waals surface area contributed by atoms with Crippen LogP contribution in [0.4, 0.5) is 13.2 Å². The van der Waals surface area contributed by atoms with Gasteiger partial charge < -0.3 is 24.8 Å². The molecular weight excluding hydrogens is 505 g/mol. The van der Waals surface area contributed by atoms with Gasteiger partial charge in [-0.1, -0.05) is 12.1 Å². The molecule has 38 heavy (non-hydrogen) atoms. The van der Waals surface area contributed by atoms with Crippen molar-refractivity contribution in [1.82, 2.24) is 10.2 Å². The molecule has 1 heterocycles. The predicted octanol–water partition coefficient (Wildman–Crippen LogP) is 4.50. The highest BCUT2D eigenvalue weighted by Gasteiger charge is 2.36. The lowest BCUT2D eigenvalue weighted by molar-refractivity contribution is -0.274. The minimum Gasteiger partial charge on any atom is -0.484 e. The van der Waals surface area contributed by atoms with E-state index in [9.17, 15) is 27.6 Å². The van der Waals surface area contributed by atoms with Crippen LogP contribution in [-0.4, -0.2) is 59.4 Å². The van der Waals surface area contributed by atoms with Crippen LogP contribution in [0, 0.1) is 0 Å². The van der Waals surface area contributed by atoms with Crippen LogP contribution >= 0.6 is 0 Å². The van der Waals surface area contributed by atoms with E-state index >= 15 is 0 Å². The van der Waals surface area contributed by atoms with E-state index in [1.54, 1.807) is 12.1 Å². The molecule has 4 rings (SSSR count). The average Bonchev–Trinajstić information content (AvgIpc) is 3.38. The lowest BCUT2D eigenvalue weighted by Gasteiger charge is -2.31. The number of nitrogens with one attached hydrogen (secondary N) is 1. The maximum Gasteiger partial charge on any atom is 0.573 e. The average molecular weight is 535 g/mol. The number of hydrogen-bond donors (Lipinski definition) is 2. The number of carboxylic acids is 1. The summed E-state index contributed by atoms with van der Waals surface area (Å²) in [6, 6.07) is 11.1. The van der Waals surface area contributed by atoms with E-state index in [0.717, 1.165) is 43.4 Å². The molecular formula is C27H29F3N2O6. The molecule has 11 heteroatoms. The highest BCUT2D eigenvalue weighted by atomic mass is 19.4. The van der Waals surface area contributed by atoms with E-state index in [0.29, 0.717) is 25.3 Å². The quantitative estimate of drug-likeness (QED) is 0.517. The second kappa shape index (κ2) is 11.7. The van der Waals surface area contributed by atoms with Crippen LogP contribution in [0.1, 0.15) is 60.4 Å². The number of amides is 2. The van der Waals surface area contributed by atoms with Crippen LogP contribution in [-0.2, 0) is 9.59 Å². The van der Waals surface area contributed by atoms with Crippen molar-refractivity contribution in [3.63, 3.8) is 0 Å². The molecule has 2 amide bonds. The lowest BCUT2D eigenvalue weighted by Crippen LogP contribution is -2.50. The first-order chi connectivity index (χ1) is 18.1. The van der Waals surface area contributed by atoms with Crippen molar-refractivity contribution < 1.29 is 42.1 Å². The van der Waals surface area contributed by atoms with Gasteiger partial charge in [-0.2, -0.15) is 0 Å². The molecule has 2 N–H and O–H groups in total. The van der Waals surface area contributed by atoms with E-state index in [1.165, 1.54) is 17.0 Å². The topological polar surface area (TPSA) is 105 Å². The Morgan fingerprint density at radius 2 is 1.55 bits per heavy atom. The SMILES string of the molecule is O=C(O)c1ccc(C2CCC(NC(=O)[C@H]3CCCN3C(=O)COc3ccc(OC(F)(F)F)cc3)CC2)cc1. The number of nitrogens with zero attached hydrogens (tertiary/aromatic N) is 1. The van der Waals surface area contributed by atoms with Crippen molar-refractivity contribution in [2.75, 3.05) is 13.2 Å². The van der Waals surface area contributed by atoms with Crippen LogP contribution in [0.15, 0.2) is 48.5 Å². The fourth-order valence-corrected chi connectivity index (χ4v) is 5.07. The molecule has 0 spiro atoms. The van der Waals surface area contributed by atoms with E-state index in [1.807, 2.05) is 12.1 Å². The molecule has 204 valence electrons. The van der Waals surface area contributed by atoms with Crippen LogP contribution in [0.5, 0.6) is 11.5 Å². The maximum absolute atomic E-state index is 13.0. The Labute approximate surface area is 217 Å². The molecule has 0 unspecified atom stereocenters. The molecule has 0 bridgehead atoms. The minimum atomic E-state index is -4.79. The summed E-state index contributed by atoms with van der Waals surface area (Å²) in [7, 11) is 0. The molecule has 1 saturated carbocycles. The van der Waals surface area contributed by atoms with Crippen molar-refractivity contribution in [1.29, 1.82) is 0 Å². The molecule has 2 fully saturated rings. The Bertz CT molecular complexity index is 1130. The monoisotopic (exact) mass is 534 g/mol. The standard InChI is InChI=1S/C27H29F3N2O6/c28-27(29,30)38-22-13-11-21(12-14-22)37-16-24(33)32-15-1-2-23(32)25(34)31-20-9-7-18(8-10-20)17-3-5-19(6-4-17)26(35)36/h3-6,11-14,18,20,23H,1-2,7-10,15-16H2,(H,31,34)(H,35,36)/t18?,20?,23-/m1/s1. The number of rotatable bonds is 8. The van der Waals surface area contributed by atoms with Crippen molar-refractivity contribution >= 4 is 17.8 Å². The molecule has 1 aliphatic heterocycles. The minimum absolute atomic E-state index is 0.00303. The Kier molecular flexibility index (Phi) is 8.43. The van der Waals surface area contributed by atoms with Crippen molar-refractivity contribution in [3.8, 4) is 11.5 Å². The van der Waals surface area contributed by atoms with Crippen LogP contribution in [0.25, 0.3) is 0 Å². The fraction of sp³-hybridized carbons (Fsp3) is 0.444. The Morgan fingerprint density at radius 1 is 0.921 bits per heavy atom. The van der Waals surface area contributed by atoms with Crippen LogP contribution < -0.4 is 14.8 Å². The molecule has 2 aliphatic rings. The van der Waals surface area contributed by atoms with Gasteiger partial charge in [-0.15, -0.1) is 13.2 Å². The number of hydrogen-bond acceptors (Lipinski definition) is 5. The van der Waals surface area contributed by atoms with E-state index in [-0.39, 0.29) is 35.8 Å². The number of carboxylic acid groups (broad SMARTS) is 1. The number of benzene rings is 2. The molecule has 2 aromatic carbocycles. The second-order valence-corrected chi connectivity index (χ2v) is 9.54. The number of alkyl halides is 3. The van der Waals surface area contributed by atoms with Gasteiger partial charge in [-0.3, -0.25) is 9.59 Å². The van der Waals surface area contributed by atoms with E-state index in [4.69, 9.17) is 9.84 Å². The van der Waals surface area contributed by atoms with Gasteiger partial charge in [-0.25, -0.2) is 4.79 Å². The highest BCUT2D eigenvalue weighted by molar-refractivity contribution is 5.89. The largest absolute Gasteiger partial charge is 0.573 e. The summed E-state index contributed by atoms with van der Waals surface area (Å²) in [5, 5.41) is 12.1. The Morgan fingerprint density at radius 3 is 2.16 bits per heavy atom. The molecule has 8 nitrogen and oxygen atoms in total. The normalized spacial score (nSPS) is 21.6. The molecule has 1 atom stereocenters. The molecule has 2 aromatic rings. The predicted molar refractivity (Wildman–Crippen MR) is 130 cm³/mol. The van der Waals surface area contributed by atoms with Gasteiger partial charge in [0.15, 0.2) is 6.61 Å². The summed E-state index contributed by atoms with van der Waals surface area (Å²) in [6.45, 7) is 0.0900. The van der Waals surface area contributed by atoms with Gasteiger partial charge >= 0.3 is 12.3 Å². The number of carbonyl (C=O) groups is 3. The van der Waals surface area contributed by atoms with Gasteiger partial charge in [0, 0.05) is 12.6 Å². The van der Waals surface area contributed by atoms with Gasteiger partial charge in [0.2, 0.25) is 5.91 Å². The molecule has 1 saturated heterocycles. The number of aromatic carboxylic acids is 1. The van der Waals surface area contributed by atoms with Gasteiger partial charge in [0.25, 0.3) is 5.91 Å². The van der Waals surface area contributed by atoms with Crippen LogP contribution in [0.3, 0.4) is 0 Å².